The highest BCUT2D eigenvalue weighted by molar-refractivity contribution is 6.17. The van der Waals surface area contributed by atoms with Crippen LogP contribution in [-0.4, -0.2) is 42.9 Å². The van der Waals surface area contributed by atoms with Crippen molar-refractivity contribution in [1.29, 1.82) is 0 Å². The number of carbonyl (C=O) groups is 1. The zero-order valence-corrected chi connectivity index (χ0v) is 9.41. The van der Waals surface area contributed by atoms with E-state index in [1.807, 2.05) is 0 Å². The summed E-state index contributed by atoms with van der Waals surface area (Å²) in [6.45, 7) is 3.88. The third-order valence-corrected chi connectivity index (χ3v) is 1.83. The third-order valence-electron chi connectivity index (χ3n) is 1.57. The number of carbonyl (C=O) groups excluding carboxylic acids is 1. The van der Waals surface area contributed by atoms with Crippen LogP contribution in [0.25, 0.3) is 0 Å². The Hall–Kier alpha value is -0.580. The first kappa shape index (κ1) is 14.4. The number of esters is 1. The van der Waals surface area contributed by atoms with Gasteiger partial charge in [0.25, 0.3) is 0 Å². The van der Waals surface area contributed by atoms with Gasteiger partial charge in [0.15, 0.2) is 0 Å². The molecule has 0 fully saturated rings. The number of ether oxygens (including phenoxy) is 2. The molecule has 0 saturated heterocycles. The van der Waals surface area contributed by atoms with E-state index < -0.39 is 12.1 Å². The van der Waals surface area contributed by atoms with Gasteiger partial charge in [-0.2, -0.15) is 0 Å². The monoisotopic (exact) mass is 236 g/mol. The third kappa shape index (κ3) is 9.72. The van der Waals surface area contributed by atoms with E-state index in [4.69, 9.17) is 16.3 Å². The Labute approximate surface area is 94.8 Å². The maximum atomic E-state index is 10.6. The maximum absolute atomic E-state index is 10.6. The SMILES string of the molecule is C=CC(=O)OCC(O)COCCCCCl. The van der Waals surface area contributed by atoms with E-state index in [9.17, 15) is 9.90 Å². The Kier molecular flexibility index (Phi) is 9.57. The first-order valence-corrected chi connectivity index (χ1v) is 5.35. The zero-order chi connectivity index (χ0) is 11.5. The van der Waals surface area contributed by atoms with E-state index in [-0.39, 0.29) is 13.2 Å². The van der Waals surface area contributed by atoms with Gasteiger partial charge < -0.3 is 14.6 Å². The number of rotatable bonds is 9. The van der Waals surface area contributed by atoms with E-state index in [0.717, 1.165) is 18.9 Å². The van der Waals surface area contributed by atoms with Crippen molar-refractivity contribution < 1.29 is 19.4 Å². The average Bonchev–Trinajstić information content (AvgIpc) is 2.25. The smallest absolute Gasteiger partial charge is 0.330 e. The molecule has 0 amide bonds. The van der Waals surface area contributed by atoms with Gasteiger partial charge in [0.05, 0.1) is 6.61 Å². The van der Waals surface area contributed by atoms with Gasteiger partial charge in [-0.15, -0.1) is 11.6 Å². The lowest BCUT2D eigenvalue weighted by atomic mass is 10.3. The molecule has 88 valence electrons. The van der Waals surface area contributed by atoms with Crippen LogP contribution in [0.2, 0.25) is 0 Å². The lowest BCUT2D eigenvalue weighted by Crippen LogP contribution is -2.23. The Balaban J connectivity index is 3.29. The Morgan fingerprint density at radius 2 is 2.20 bits per heavy atom. The van der Waals surface area contributed by atoms with Crippen molar-refractivity contribution in [3.05, 3.63) is 12.7 Å². The Morgan fingerprint density at radius 3 is 2.80 bits per heavy atom. The molecule has 1 N–H and O–H groups in total. The molecule has 0 rings (SSSR count). The highest BCUT2D eigenvalue weighted by Crippen LogP contribution is 1.94. The number of alkyl halides is 1. The van der Waals surface area contributed by atoms with Crippen LogP contribution in [0.5, 0.6) is 0 Å². The number of unbranched alkanes of at least 4 members (excludes halogenated alkanes) is 1. The summed E-state index contributed by atoms with van der Waals surface area (Å²) in [5.74, 6) is 0.0688. The second-order valence-electron chi connectivity index (χ2n) is 2.96. The largest absolute Gasteiger partial charge is 0.460 e. The van der Waals surface area contributed by atoms with Gasteiger partial charge in [0, 0.05) is 18.6 Å². The molecular weight excluding hydrogens is 220 g/mol. The van der Waals surface area contributed by atoms with E-state index >= 15 is 0 Å². The summed E-state index contributed by atoms with van der Waals surface area (Å²) in [7, 11) is 0. The lowest BCUT2D eigenvalue weighted by molar-refractivity contribution is -0.141. The highest BCUT2D eigenvalue weighted by Gasteiger charge is 2.06. The van der Waals surface area contributed by atoms with Crippen LogP contribution >= 0.6 is 11.6 Å². The average molecular weight is 237 g/mol. The van der Waals surface area contributed by atoms with Crippen LogP contribution < -0.4 is 0 Å². The molecule has 5 heteroatoms. The molecule has 0 aliphatic heterocycles. The number of aliphatic hydroxyl groups is 1. The van der Waals surface area contributed by atoms with E-state index in [1.165, 1.54) is 0 Å². The van der Waals surface area contributed by atoms with Crippen molar-refractivity contribution in [2.24, 2.45) is 0 Å². The van der Waals surface area contributed by atoms with Gasteiger partial charge in [0.2, 0.25) is 0 Å². The molecule has 1 atom stereocenters. The molecule has 0 aliphatic rings. The lowest BCUT2D eigenvalue weighted by Gasteiger charge is -2.10. The standard InChI is InChI=1S/C10H17ClO4/c1-2-10(13)15-8-9(12)7-14-6-4-3-5-11/h2,9,12H,1,3-8H2. The number of halogens is 1. The van der Waals surface area contributed by atoms with Gasteiger partial charge in [0.1, 0.15) is 12.7 Å². The first-order valence-electron chi connectivity index (χ1n) is 4.81. The minimum absolute atomic E-state index is 0.0691. The van der Waals surface area contributed by atoms with E-state index in [1.54, 1.807) is 0 Å². The molecule has 4 nitrogen and oxygen atoms in total. The molecule has 0 saturated carbocycles. The summed E-state index contributed by atoms with van der Waals surface area (Å²) in [6.07, 6.45) is 2.02. The summed E-state index contributed by atoms with van der Waals surface area (Å²) >= 11 is 5.47. The molecule has 0 aliphatic carbocycles. The predicted octanol–water partition coefficient (Wildman–Crippen LogP) is 1.11. The molecule has 0 spiro atoms. The fraction of sp³-hybridized carbons (Fsp3) is 0.700. The Morgan fingerprint density at radius 1 is 1.47 bits per heavy atom. The minimum atomic E-state index is -0.787. The van der Waals surface area contributed by atoms with Crippen LogP contribution in [0.3, 0.4) is 0 Å². The van der Waals surface area contributed by atoms with Crippen molar-refractivity contribution in [3.8, 4) is 0 Å². The quantitative estimate of drug-likeness (QED) is 0.282. The van der Waals surface area contributed by atoms with Gasteiger partial charge in [-0.1, -0.05) is 6.58 Å². The maximum Gasteiger partial charge on any atom is 0.330 e. The predicted molar refractivity (Wildman–Crippen MR) is 57.9 cm³/mol. The van der Waals surface area contributed by atoms with Crippen LogP contribution in [0.15, 0.2) is 12.7 Å². The minimum Gasteiger partial charge on any atom is -0.460 e. The second-order valence-corrected chi connectivity index (χ2v) is 3.34. The molecule has 0 heterocycles. The molecule has 0 aromatic rings. The molecule has 15 heavy (non-hydrogen) atoms. The van der Waals surface area contributed by atoms with Crippen LogP contribution in [-0.2, 0) is 14.3 Å². The first-order chi connectivity index (χ1) is 7.20. The Bertz CT molecular complexity index is 184. The zero-order valence-electron chi connectivity index (χ0n) is 8.65. The van der Waals surface area contributed by atoms with Crippen molar-refractivity contribution in [3.63, 3.8) is 0 Å². The summed E-state index contributed by atoms with van der Waals surface area (Å²) < 4.78 is 9.76. The van der Waals surface area contributed by atoms with Crippen molar-refractivity contribution in [1.82, 2.24) is 0 Å². The summed E-state index contributed by atoms with van der Waals surface area (Å²) in [5.41, 5.74) is 0. The van der Waals surface area contributed by atoms with Gasteiger partial charge in [-0.05, 0) is 12.8 Å². The van der Waals surface area contributed by atoms with Crippen LogP contribution in [0.1, 0.15) is 12.8 Å². The van der Waals surface area contributed by atoms with Crippen molar-refractivity contribution in [2.75, 3.05) is 25.7 Å². The van der Waals surface area contributed by atoms with E-state index in [0.29, 0.717) is 12.5 Å². The van der Waals surface area contributed by atoms with Gasteiger partial charge in [-0.3, -0.25) is 0 Å². The van der Waals surface area contributed by atoms with Crippen LogP contribution in [0.4, 0.5) is 0 Å². The van der Waals surface area contributed by atoms with Crippen molar-refractivity contribution in [2.45, 2.75) is 18.9 Å². The normalized spacial score (nSPS) is 12.1. The van der Waals surface area contributed by atoms with Crippen molar-refractivity contribution >= 4 is 17.6 Å². The number of hydrogen-bond donors (Lipinski definition) is 1. The van der Waals surface area contributed by atoms with Gasteiger partial charge in [-0.25, -0.2) is 4.79 Å². The summed E-state index contributed by atoms with van der Waals surface area (Å²) in [4.78, 5) is 10.6. The molecule has 0 aromatic heterocycles. The molecular formula is C10H17ClO4. The topological polar surface area (TPSA) is 55.8 Å². The fourth-order valence-electron chi connectivity index (χ4n) is 0.803. The van der Waals surface area contributed by atoms with E-state index in [2.05, 4.69) is 11.3 Å². The highest BCUT2D eigenvalue weighted by atomic mass is 35.5. The van der Waals surface area contributed by atoms with Crippen LogP contribution in [0, 0.1) is 0 Å². The summed E-state index contributed by atoms with van der Waals surface area (Å²) in [6, 6.07) is 0. The number of aliphatic hydroxyl groups excluding tert-OH is 1. The molecule has 0 bridgehead atoms. The second kappa shape index (κ2) is 9.96. The van der Waals surface area contributed by atoms with Gasteiger partial charge >= 0.3 is 5.97 Å². The molecule has 0 radical (unpaired) electrons. The molecule has 1 unspecified atom stereocenters. The fourth-order valence-corrected chi connectivity index (χ4v) is 0.992. The summed E-state index contributed by atoms with van der Waals surface area (Å²) in [5, 5.41) is 9.29. The molecule has 0 aromatic carbocycles. The number of hydrogen-bond acceptors (Lipinski definition) is 4.